The predicted molar refractivity (Wildman–Crippen MR) is 60.0 cm³/mol. The summed E-state index contributed by atoms with van der Waals surface area (Å²) in [4.78, 5) is 9.63. The van der Waals surface area contributed by atoms with Gasteiger partial charge in [-0.2, -0.15) is 8.42 Å². The number of carboxylic acids is 1. The summed E-state index contributed by atoms with van der Waals surface area (Å²) in [6.45, 7) is 3.05. The van der Waals surface area contributed by atoms with Gasteiger partial charge in [0.2, 0.25) is 0 Å². The van der Waals surface area contributed by atoms with Gasteiger partial charge in [-0.1, -0.05) is 18.2 Å². The molecule has 0 unspecified atom stereocenters. The summed E-state index contributed by atoms with van der Waals surface area (Å²) in [5.74, 6) is -1.36. The number of carbonyl (C=O) groups is 1. The minimum atomic E-state index is -4.00. The van der Waals surface area contributed by atoms with E-state index >= 15 is 0 Å². The van der Waals surface area contributed by atoms with Crippen LogP contribution in [0.4, 0.5) is 0 Å². The van der Waals surface area contributed by atoms with Crippen molar-refractivity contribution in [1.82, 2.24) is 0 Å². The van der Waals surface area contributed by atoms with Crippen molar-refractivity contribution < 1.29 is 27.6 Å². The largest absolute Gasteiger partial charge is 0.490 e. The highest BCUT2D eigenvalue weighted by Gasteiger charge is 2.05. The molecule has 0 fully saturated rings. The fourth-order valence-electron chi connectivity index (χ4n) is 0.680. The molecule has 0 heterocycles. The molecule has 0 amide bonds. The molecule has 0 aliphatic rings. The van der Waals surface area contributed by atoms with Crippen LogP contribution in [0.2, 0.25) is 0 Å². The van der Waals surface area contributed by atoms with Gasteiger partial charge in [0.05, 0.1) is 12.0 Å². The molecule has 1 rings (SSSR count). The minimum absolute atomic E-state index is 0.0741. The van der Waals surface area contributed by atoms with Crippen molar-refractivity contribution in [2.24, 2.45) is 0 Å². The van der Waals surface area contributed by atoms with E-state index in [-0.39, 0.29) is 10.7 Å². The number of aliphatic carboxylic acids is 1. The third-order valence-corrected chi connectivity index (χ3v) is 2.39. The topological polar surface area (TPSA) is 101 Å². The van der Waals surface area contributed by atoms with Gasteiger partial charge in [0.15, 0.2) is 5.76 Å². The van der Waals surface area contributed by atoms with Gasteiger partial charge >= 0.3 is 5.97 Å². The molecule has 0 bridgehead atoms. The fraction of sp³-hybridized carbons (Fsp3) is 0.100. The van der Waals surface area contributed by atoms with Gasteiger partial charge in [-0.3, -0.25) is 4.55 Å². The molecule has 6 nitrogen and oxygen atoms in total. The van der Waals surface area contributed by atoms with Crippen molar-refractivity contribution in [3.63, 3.8) is 0 Å². The minimum Gasteiger partial charge on any atom is -0.490 e. The molecule has 0 aliphatic carbocycles. The summed E-state index contributed by atoms with van der Waals surface area (Å²) in [5, 5.41) is 7.96. The molecule has 0 saturated heterocycles. The lowest BCUT2D eigenvalue weighted by atomic mass is 10.4. The van der Waals surface area contributed by atoms with Crippen LogP contribution in [0.5, 0.6) is 0 Å². The maximum Gasteiger partial charge on any atom is 0.370 e. The maximum absolute atomic E-state index is 10.4. The molecule has 0 atom stereocenters. The summed E-state index contributed by atoms with van der Waals surface area (Å²) < 4.78 is 33.5. The number of ether oxygens (including phenoxy) is 1. The molecule has 17 heavy (non-hydrogen) atoms. The first-order chi connectivity index (χ1) is 7.79. The second-order valence-corrected chi connectivity index (χ2v) is 4.14. The average molecular weight is 260 g/mol. The third kappa shape index (κ3) is 6.33. The van der Waals surface area contributed by atoms with Crippen molar-refractivity contribution >= 4 is 16.1 Å². The highest BCUT2D eigenvalue weighted by Crippen LogP contribution is 2.05. The van der Waals surface area contributed by atoms with Crippen LogP contribution in [0, 0.1) is 0 Å². The molecule has 1 aromatic carbocycles. The molecule has 1 aromatic rings. The van der Waals surface area contributed by atoms with E-state index in [0.29, 0.717) is 0 Å². The van der Waals surface area contributed by atoms with Crippen LogP contribution in [0.15, 0.2) is 47.6 Å². The quantitative estimate of drug-likeness (QED) is 0.480. The first-order valence-electron chi connectivity index (χ1n) is 4.27. The molecule has 0 aliphatic heterocycles. The summed E-state index contributed by atoms with van der Waals surface area (Å²) in [6, 6.07) is 7.42. The number of hydrogen-bond acceptors (Lipinski definition) is 4. The molecular formula is C10H12O6S. The predicted octanol–water partition coefficient (Wildman–Crippen LogP) is 1.16. The van der Waals surface area contributed by atoms with Crippen molar-refractivity contribution in [2.45, 2.75) is 4.90 Å². The molecule has 94 valence electrons. The number of benzene rings is 1. The summed E-state index contributed by atoms with van der Waals surface area (Å²) in [5.41, 5.74) is 0. The fourth-order valence-corrected chi connectivity index (χ4v) is 1.18. The smallest absolute Gasteiger partial charge is 0.370 e. The van der Waals surface area contributed by atoms with Crippen LogP contribution in [-0.4, -0.2) is 31.2 Å². The Kier molecular flexibility index (Phi) is 5.94. The number of carboxylic acid groups (broad SMARTS) is 1. The lowest BCUT2D eigenvalue weighted by Crippen LogP contribution is -1.99. The number of methoxy groups -OCH3 is 1. The molecule has 0 aromatic heterocycles. The zero-order valence-electron chi connectivity index (χ0n) is 9.03. The lowest BCUT2D eigenvalue weighted by molar-refractivity contribution is -0.136. The average Bonchev–Trinajstić information content (AvgIpc) is 2.28. The van der Waals surface area contributed by atoms with Gasteiger partial charge in [-0.15, -0.1) is 0 Å². The van der Waals surface area contributed by atoms with E-state index in [0.717, 1.165) is 0 Å². The Balaban J connectivity index is 0.000000325. The van der Waals surface area contributed by atoms with E-state index in [4.69, 9.17) is 9.66 Å². The van der Waals surface area contributed by atoms with Crippen LogP contribution < -0.4 is 0 Å². The highest BCUT2D eigenvalue weighted by atomic mass is 32.2. The highest BCUT2D eigenvalue weighted by molar-refractivity contribution is 7.85. The van der Waals surface area contributed by atoms with Crippen LogP contribution in [0.3, 0.4) is 0 Å². The van der Waals surface area contributed by atoms with Crippen molar-refractivity contribution in [1.29, 1.82) is 0 Å². The Bertz CT molecular complexity index is 477. The van der Waals surface area contributed by atoms with Gasteiger partial charge < -0.3 is 9.84 Å². The molecule has 2 N–H and O–H groups in total. The van der Waals surface area contributed by atoms with Crippen molar-refractivity contribution in [3.8, 4) is 0 Å². The summed E-state index contributed by atoms with van der Waals surface area (Å²) in [7, 11) is -2.74. The van der Waals surface area contributed by atoms with Crippen LogP contribution in [-0.2, 0) is 19.6 Å². The number of hydrogen-bond donors (Lipinski definition) is 2. The Morgan fingerprint density at radius 2 is 1.76 bits per heavy atom. The maximum atomic E-state index is 10.4. The van der Waals surface area contributed by atoms with Gasteiger partial charge in [-0.25, -0.2) is 4.79 Å². The van der Waals surface area contributed by atoms with Crippen molar-refractivity contribution in [2.75, 3.05) is 7.11 Å². The van der Waals surface area contributed by atoms with Crippen molar-refractivity contribution in [3.05, 3.63) is 42.7 Å². The van der Waals surface area contributed by atoms with Crippen LogP contribution in [0.25, 0.3) is 0 Å². The molecule has 7 heteroatoms. The van der Waals surface area contributed by atoms with Gasteiger partial charge in [-0.05, 0) is 18.7 Å². The van der Waals surface area contributed by atoms with E-state index in [1.807, 2.05) is 0 Å². The molecular weight excluding hydrogens is 248 g/mol. The molecule has 0 spiro atoms. The summed E-state index contributed by atoms with van der Waals surface area (Å²) in [6.07, 6.45) is 0. The normalized spacial score (nSPS) is 9.76. The van der Waals surface area contributed by atoms with E-state index in [2.05, 4.69) is 11.3 Å². The SMILES string of the molecule is C=C(OC)C(=O)O.O=S(=O)(O)c1ccccc1. The monoisotopic (exact) mass is 260 g/mol. The second kappa shape index (κ2) is 6.66. The third-order valence-electron chi connectivity index (χ3n) is 1.53. The van der Waals surface area contributed by atoms with Gasteiger partial charge in [0, 0.05) is 0 Å². The molecule has 0 saturated carbocycles. The molecule has 0 radical (unpaired) electrons. The Morgan fingerprint density at radius 1 is 1.29 bits per heavy atom. The Labute approximate surface area is 98.9 Å². The Hall–Kier alpha value is -1.86. The zero-order chi connectivity index (χ0) is 13.5. The van der Waals surface area contributed by atoms with E-state index in [1.54, 1.807) is 18.2 Å². The van der Waals surface area contributed by atoms with E-state index in [9.17, 15) is 13.2 Å². The summed E-state index contributed by atoms with van der Waals surface area (Å²) >= 11 is 0. The standard InChI is InChI=1S/C6H6O3S.C4H6O3/c7-10(8,9)6-4-2-1-3-5-6;1-3(7-2)4(5)6/h1-5H,(H,7,8,9);1H2,2H3,(H,5,6). The number of rotatable bonds is 3. The van der Waals surface area contributed by atoms with Gasteiger partial charge in [0.1, 0.15) is 0 Å². The first kappa shape index (κ1) is 15.1. The van der Waals surface area contributed by atoms with Crippen LogP contribution >= 0.6 is 0 Å². The lowest BCUT2D eigenvalue weighted by Gasteiger charge is -1.92. The first-order valence-corrected chi connectivity index (χ1v) is 5.71. The van der Waals surface area contributed by atoms with E-state index < -0.39 is 16.1 Å². The second-order valence-electron chi connectivity index (χ2n) is 2.72. The van der Waals surface area contributed by atoms with E-state index in [1.165, 1.54) is 19.2 Å². The zero-order valence-corrected chi connectivity index (χ0v) is 9.85. The Morgan fingerprint density at radius 3 is 1.94 bits per heavy atom. The van der Waals surface area contributed by atoms with Crippen LogP contribution in [0.1, 0.15) is 0 Å². The van der Waals surface area contributed by atoms with Gasteiger partial charge in [0.25, 0.3) is 10.1 Å².